The van der Waals surface area contributed by atoms with Crippen LogP contribution in [0.3, 0.4) is 0 Å². The van der Waals surface area contributed by atoms with Crippen LogP contribution in [0.4, 0.5) is 10.5 Å². The third kappa shape index (κ3) is 4.75. The number of rotatable bonds is 5. The summed E-state index contributed by atoms with van der Waals surface area (Å²) in [5, 5.41) is 5.34. The lowest BCUT2D eigenvalue weighted by Gasteiger charge is -2.07. The van der Waals surface area contributed by atoms with Crippen molar-refractivity contribution in [2.45, 2.75) is 24.7 Å². The third-order valence-corrected chi connectivity index (χ3v) is 3.48. The fraction of sp³-hybridized carbons (Fsp3) is 0.417. The van der Waals surface area contributed by atoms with Crippen molar-refractivity contribution in [3.8, 4) is 0 Å². The second-order valence-corrected chi connectivity index (χ2v) is 6.05. The van der Waals surface area contributed by atoms with E-state index in [0.717, 1.165) is 19.1 Å². The van der Waals surface area contributed by atoms with Gasteiger partial charge >= 0.3 is 6.03 Å². The first-order valence-corrected chi connectivity index (χ1v) is 7.67. The van der Waals surface area contributed by atoms with Gasteiger partial charge in [0.25, 0.3) is 0 Å². The van der Waals surface area contributed by atoms with Crippen LogP contribution >= 0.6 is 0 Å². The summed E-state index contributed by atoms with van der Waals surface area (Å²) in [6.45, 7) is 2.67. The van der Waals surface area contributed by atoms with E-state index in [4.69, 9.17) is 0 Å². The highest BCUT2D eigenvalue weighted by Gasteiger charge is 2.07. The zero-order valence-electron chi connectivity index (χ0n) is 10.6. The number of hydrogen-bond donors (Lipinski definition) is 2. The molecule has 2 amide bonds. The van der Waals surface area contributed by atoms with Crippen LogP contribution in [0, 0.1) is 0 Å². The molecule has 0 bridgehead atoms. The molecule has 0 aliphatic rings. The van der Waals surface area contributed by atoms with Gasteiger partial charge in [0.2, 0.25) is 0 Å². The Hall–Kier alpha value is -1.56. The van der Waals surface area contributed by atoms with Gasteiger partial charge in [-0.25, -0.2) is 13.2 Å². The molecule has 0 atom stereocenters. The zero-order valence-corrected chi connectivity index (χ0v) is 11.4. The van der Waals surface area contributed by atoms with Crippen molar-refractivity contribution >= 4 is 21.6 Å². The highest BCUT2D eigenvalue weighted by molar-refractivity contribution is 7.90. The summed E-state index contributed by atoms with van der Waals surface area (Å²) < 4.78 is 22.5. The molecule has 100 valence electrons. The number of urea groups is 1. The summed E-state index contributed by atoms with van der Waals surface area (Å²) in [5.41, 5.74) is 0.566. The van der Waals surface area contributed by atoms with Crippen molar-refractivity contribution in [2.24, 2.45) is 0 Å². The van der Waals surface area contributed by atoms with E-state index in [9.17, 15) is 13.2 Å². The van der Waals surface area contributed by atoms with Crippen molar-refractivity contribution in [2.75, 3.05) is 18.1 Å². The maximum Gasteiger partial charge on any atom is 0.319 e. The van der Waals surface area contributed by atoms with Gasteiger partial charge in [0.05, 0.1) is 4.90 Å². The number of benzene rings is 1. The van der Waals surface area contributed by atoms with E-state index in [0.29, 0.717) is 12.2 Å². The Morgan fingerprint density at radius 1 is 1.22 bits per heavy atom. The fourth-order valence-corrected chi connectivity index (χ4v) is 1.97. The molecule has 1 aromatic carbocycles. The number of anilines is 1. The van der Waals surface area contributed by atoms with Crippen molar-refractivity contribution < 1.29 is 13.2 Å². The maximum absolute atomic E-state index is 11.4. The van der Waals surface area contributed by atoms with Crippen LogP contribution in [-0.4, -0.2) is 27.2 Å². The lowest BCUT2D eigenvalue weighted by Crippen LogP contribution is -2.29. The smallest absolute Gasteiger partial charge is 0.319 e. The Morgan fingerprint density at radius 3 is 2.33 bits per heavy atom. The average molecular weight is 270 g/mol. The normalized spacial score (nSPS) is 11.0. The lowest BCUT2D eigenvalue weighted by molar-refractivity contribution is 0.252. The van der Waals surface area contributed by atoms with Crippen LogP contribution in [-0.2, 0) is 9.84 Å². The summed E-state index contributed by atoms with van der Waals surface area (Å²) in [7, 11) is -3.19. The molecule has 0 saturated carbocycles. The number of carbonyl (C=O) groups excluding carboxylic acids is 1. The first-order valence-electron chi connectivity index (χ1n) is 5.78. The van der Waals surface area contributed by atoms with Gasteiger partial charge in [-0.3, -0.25) is 0 Å². The fourth-order valence-electron chi connectivity index (χ4n) is 1.34. The van der Waals surface area contributed by atoms with Crippen LogP contribution in [0.25, 0.3) is 0 Å². The Labute approximate surface area is 108 Å². The second kappa shape index (κ2) is 6.39. The SMILES string of the molecule is CCCCNC(=O)Nc1ccc(S(C)(=O)=O)cc1. The summed E-state index contributed by atoms with van der Waals surface area (Å²) in [5.74, 6) is 0. The summed E-state index contributed by atoms with van der Waals surface area (Å²) in [4.78, 5) is 11.7. The highest BCUT2D eigenvalue weighted by Crippen LogP contribution is 2.13. The predicted molar refractivity (Wildman–Crippen MR) is 71.5 cm³/mol. The van der Waals surface area contributed by atoms with E-state index in [1.165, 1.54) is 12.1 Å². The predicted octanol–water partition coefficient (Wildman–Crippen LogP) is 2.01. The van der Waals surface area contributed by atoms with E-state index in [1.807, 2.05) is 6.92 Å². The van der Waals surface area contributed by atoms with Crippen LogP contribution in [0.15, 0.2) is 29.2 Å². The van der Waals surface area contributed by atoms with Crippen molar-refractivity contribution in [1.29, 1.82) is 0 Å². The number of unbranched alkanes of at least 4 members (excludes halogenated alkanes) is 1. The van der Waals surface area contributed by atoms with Crippen LogP contribution < -0.4 is 10.6 Å². The second-order valence-electron chi connectivity index (χ2n) is 4.03. The number of amides is 2. The molecule has 0 radical (unpaired) electrons. The van der Waals surface area contributed by atoms with Crippen LogP contribution in [0.5, 0.6) is 0 Å². The molecule has 1 aromatic rings. The van der Waals surface area contributed by atoms with Crippen molar-refractivity contribution in [3.63, 3.8) is 0 Å². The first kappa shape index (κ1) is 14.5. The topological polar surface area (TPSA) is 75.3 Å². The molecule has 5 nitrogen and oxygen atoms in total. The van der Waals surface area contributed by atoms with Crippen LogP contribution in [0.2, 0.25) is 0 Å². The number of sulfone groups is 1. The van der Waals surface area contributed by atoms with E-state index in [2.05, 4.69) is 10.6 Å². The van der Waals surface area contributed by atoms with Gasteiger partial charge in [-0.05, 0) is 30.7 Å². The average Bonchev–Trinajstić information content (AvgIpc) is 2.29. The van der Waals surface area contributed by atoms with Gasteiger partial charge in [-0.15, -0.1) is 0 Å². The first-order chi connectivity index (χ1) is 8.43. The molecular weight excluding hydrogens is 252 g/mol. The van der Waals surface area contributed by atoms with Crippen molar-refractivity contribution in [3.05, 3.63) is 24.3 Å². The van der Waals surface area contributed by atoms with Crippen LogP contribution in [0.1, 0.15) is 19.8 Å². The van der Waals surface area contributed by atoms with Gasteiger partial charge in [0.15, 0.2) is 9.84 Å². The molecule has 0 saturated heterocycles. The molecule has 18 heavy (non-hydrogen) atoms. The quantitative estimate of drug-likeness (QED) is 0.804. The third-order valence-electron chi connectivity index (χ3n) is 2.36. The van der Waals surface area contributed by atoms with E-state index < -0.39 is 9.84 Å². The molecule has 0 aliphatic heterocycles. The maximum atomic E-state index is 11.4. The van der Waals surface area contributed by atoms with E-state index >= 15 is 0 Å². The Bertz CT molecular complexity index is 495. The molecule has 0 heterocycles. The molecule has 1 rings (SSSR count). The monoisotopic (exact) mass is 270 g/mol. The number of hydrogen-bond acceptors (Lipinski definition) is 3. The standard InChI is InChI=1S/C12H18N2O3S/c1-3-4-9-13-12(15)14-10-5-7-11(8-6-10)18(2,16)17/h5-8H,3-4,9H2,1-2H3,(H2,13,14,15). The van der Waals surface area contributed by atoms with Gasteiger partial charge in [-0.2, -0.15) is 0 Å². The van der Waals surface area contributed by atoms with E-state index in [1.54, 1.807) is 12.1 Å². The molecule has 0 unspecified atom stereocenters. The number of carbonyl (C=O) groups is 1. The molecule has 0 aromatic heterocycles. The molecule has 6 heteroatoms. The molecule has 0 spiro atoms. The van der Waals surface area contributed by atoms with Gasteiger partial charge < -0.3 is 10.6 Å². The van der Waals surface area contributed by atoms with Gasteiger partial charge in [0, 0.05) is 18.5 Å². The van der Waals surface area contributed by atoms with E-state index in [-0.39, 0.29) is 10.9 Å². The van der Waals surface area contributed by atoms with Gasteiger partial charge in [0.1, 0.15) is 0 Å². The van der Waals surface area contributed by atoms with Crippen molar-refractivity contribution in [1.82, 2.24) is 5.32 Å². The molecule has 2 N–H and O–H groups in total. The highest BCUT2D eigenvalue weighted by atomic mass is 32.2. The number of nitrogens with one attached hydrogen (secondary N) is 2. The largest absolute Gasteiger partial charge is 0.338 e. The zero-order chi connectivity index (χ0) is 13.6. The minimum absolute atomic E-state index is 0.236. The molecule has 0 fully saturated rings. The van der Waals surface area contributed by atoms with Gasteiger partial charge in [-0.1, -0.05) is 13.3 Å². The summed E-state index contributed by atoms with van der Waals surface area (Å²) in [6.07, 6.45) is 3.09. The molecule has 0 aliphatic carbocycles. The summed E-state index contributed by atoms with van der Waals surface area (Å²) >= 11 is 0. The minimum Gasteiger partial charge on any atom is -0.338 e. The lowest BCUT2D eigenvalue weighted by atomic mass is 10.3. The Kier molecular flexibility index (Phi) is 5.15. The minimum atomic E-state index is -3.19. The Balaban J connectivity index is 2.56. The Morgan fingerprint density at radius 2 is 1.83 bits per heavy atom. The summed E-state index contributed by atoms with van der Waals surface area (Å²) in [6, 6.07) is 5.79. The molecular formula is C12H18N2O3S.